The van der Waals surface area contributed by atoms with E-state index in [2.05, 4.69) is 4.98 Å². The topological polar surface area (TPSA) is 36.7 Å². The zero-order valence-corrected chi connectivity index (χ0v) is 7.22. The fraction of sp³-hybridized carbons (Fsp3) is 0.250. The third-order valence-electron chi connectivity index (χ3n) is 1.49. The lowest BCUT2D eigenvalue weighted by molar-refractivity contribution is 0.150. The molecule has 0 saturated heterocycles. The molecule has 0 aliphatic carbocycles. The number of hydrogen-bond donors (Lipinski definition) is 0. The predicted octanol–water partition coefficient (Wildman–Crippen LogP) is 2.74. The maximum Gasteiger partial charge on any atom is 0.264 e. The van der Waals surface area contributed by atoms with Crippen LogP contribution in [0.3, 0.4) is 0 Å². The molecule has 0 saturated carbocycles. The molecule has 1 aromatic heterocycles. The first-order valence-corrected chi connectivity index (χ1v) is 3.82. The third-order valence-corrected chi connectivity index (χ3v) is 1.70. The molecule has 0 aliphatic rings. The van der Waals surface area contributed by atoms with Gasteiger partial charge in [-0.25, -0.2) is 13.8 Å². The Balaban J connectivity index is 3.12. The van der Waals surface area contributed by atoms with Crippen molar-refractivity contribution in [2.45, 2.75) is 12.8 Å². The van der Waals surface area contributed by atoms with E-state index >= 15 is 0 Å². The molecule has 5 heteroatoms. The summed E-state index contributed by atoms with van der Waals surface area (Å²) in [5.74, 6) is 0. The zero-order valence-electron chi connectivity index (χ0n) is 6.47. The summed E-state index contributed by atoms with van der Waals surface area (Å²) in [5.41, 5.74) is 0.00319. The van der Waals surface area contributed by atoms with Gasteiger partial charge in [-0.1, -0.05) is 11.6 Å². The van der Waals surface area contributed by atoms with Gasteiger partial charge in [0.25, 0.3) is 6.43 Å². The highest BCUT2D eigenvalue weighted by Crippen LogP contribution is 2.24. The lowest BCUT2D eigenvalue weighted by atomic mass is 10.1. The molecular formula is C8H5ClF2N2. The van der Waals surface area contributed by atoms with E-state index in [1.807, 2.05) is 0 Å². The van der Waals surface area contributed by atoms with Crippen LogP contribution < -0.4 is 0 Å². The van der Waals surface area contributed by atoms with Gasteiger partial charge in [0.05, 0.1) is 12.5 Å². The molecule has 0 atom stereocenters. The van der Waals surface area contributed by atoms with Crippen LogP contribution in [0.2, 0.25) is 5.15 Å². The quantitative estimate of drug-likeness (QED) is 0.692. The summed E-state index contributed by atoms with van der Waals surface area (Å²) in [6.45, 7) is 0. The van der Waals surface area contributed by atoms with Gasteiger partial charge in [0, 0.05) is 11.8 Å². The van der Waals surface area contributed by atoms with Crippen molar-refractivity contribution < 1.29 is 8.78 Å². The van der Waals surface area contributed by atoms with Gasteiger partial charge in [0.1, 0.15) is 5.15 Å². The summed E-state index contributed by atoms with van der Waals surface area (Å²) in [5, 5.41) is 8.35. The van der Waals surface area contributed by atoms with Gasteiger partial charge in [-0.2, -0.15) is 5.26 Å². The van der Waals surface area contributed by atoms with Crippen LogP contribution in [0.1, 0.15) is 17.6 Å². The molecule has 1 rings (SSSR count). The normalized spacial score (nSPS) is 10.1. The van der Waals surface area contributed by atoms with Crippen LogP contribution in [0, 0.1) is 11.3 Å². The lowest BCUT2D eigenvalue weighted by Gasteiger charge is -2.04. The first kappa shape index (κ1) is 9.87. The van der Waals surface area contributed by atoms with Gasteiger partial charge < -0.3 is 0 Å². The van der Waals surface area contributed by atoms with E-state index in [0.717, 1.165) is 6.07 Å². The SMILES string of the molecule is N#CCc1cnc(Cl)cc1C(F)F. The summed E-state index contributed by atoms with van der Waals surface area (Å²) in [4.78, 5) is 3.62. The van der Waals surface area contributed by atoms with Crippen molar-refractivity contribution in [1.82, 2.24) is 4.98 Å². The van der Waals surface area contributed by atoms with Crippen LogP contribution in [-0.4, -0.2) is 4.98 Å². The fourth-order valence-corrected chi connectivity index (χ4v) is 1.07. The Morgan fingerprint density at radius 1 is 1.62 bits per heavy atom. The van der Waals surface area contributed by atoms with E-state index in [1.165, 1.54) is 6.20 Å². The maximum atomic E-state index is 12.3. The van der Waals surface area contributed by atoms with E-state index in [9.17, 15) is 8.78 Å². The fourth-order valence-electron chi connectivity index (χ4n) is 0.908. The van der Waals surface area contributed by atoms with Crippen LogP contribution in [0.15, 0.2) is 12.3 Å². The molecule has 0 bridgehead atoms. The highest BCUT2D eigenvalue weighted by molar-refractivity contribution is 6.29. The lowest BCUT2D eigenvalue weighted by Crippen LogP contribution is -1.95. The average Bonchev–Trinajstić information content (AvgIpc) is 2.08. The number of nitriles is 1. The number of aromatic nitrogens is 1. The molecule has 0 fully saturated rings. The number of hydrogen-bond acceptors (Lipinski definition) is 2. The van der Waals surface area contributed by atoms with Gasteiger partial charge in [-0.05, 0) is 11.6 Å². The highest BCUT2D eigenvalue weighted by Gasteiger charge is 2.13. The first-order valence-electron chi connectivity index (χ1n) is 3.44. The van der Waals surface area contributed by atoms with E-state index in [-0.39, 0.29) is 22.7 Å². The summed E-state index contributed by atoms with van der Waals surface area (Å²) >= 11 is 5.43. The molecule has 0 aliphatic heterocycles. The molecule has 0 N–H and O–H groups in total. The zero-order chi connectivity index (χ0) is 9.84. The second-order valence-corrected chi connectivity index (χ2v) is 2.73. The van der Waals surface area contributed by atoms with Crippen LogP contribution in [0.5, 0.6) is 0 Å². The van der Waals surface area contributed by atoms with Gasteiger partial charge in [-0.15, -0.1) is 0 Å². The Morgan fingerprint density at radius 2 is 2.31 bits per heavy atom. The van der Waals surface area contributed by atoms with Crippen molar-refractivity contribution >= 4 is 11.6 Å². The van der Waals surface area contributed by atoms with Crippen molar-refractivity contribution in [3.8, 4) is 6.07 Å². The third kappa shape index (κ3) is 2.36. The van der Waals surface area contributed by atoms with Gasteiger partial charge in [0.15, 0.2) is 0 Å². The molecule has 0 radical (unpaired) electrons. The molecule has 1 heterocycles. The van der Waals surface area contributed by atoms with Crippen LogP contribution in [0.25, 0.3) is 0 Å². The predicted molar refractivity (Wildman–Crippen MR) is 43.5 cm³/mol. The molecule has 1 aromatic rings. The number of halogens is 3. The summed E-state index contributed by atoms with van der Waals surface area (Å²) < 4.78 is 24.7. The second-order valence-electron chi connectivity index (χ2n) is 2.34. The maximum absolute atomic E-state index is 12.3. The van der Waals surface area contributed by atoms with Crippen molar-refractivity contribution in [2.24, 2.45) is 0 Å². The Hall–Kier alpha value is -1.21. The van der Waals surface area contributed by atoms with Crippen molar-refractivity contribution in [3.05, 3.63) is 28.5 Å². The van der Waals surface area contributed by atoms with E-state index in [4.69, 9.17) is 16.9 Å². The van der Waals surface area contributed by atoms with Crippen molar-refractivity contribution in [2.75, 3.05) is 0 Å². The molecule has 0 amide bonds. The van der Waals surface area contributed by atoms with Crippen LogP contribution >= 0.6 is 11.6 Å². The van der Waals surface area contributed by atoms with Crippen molar-refractivity contribution in [1.29, 1.82) is 5.26 Å². The van der Waals surface area contributed by atoms with Crippen LogP contribution in [0.4, 0.5) is 8.78 Å². The van der Waals surface area contributed by atoms with E-state index in [0.29, 0.717) is 0 Å². The number of nitrogens with zero attached hydrogens (tertiary/aromatic N) is 2. The summed E-state index contributed by atoms with van der Waals surface area (Å²) in [6, 6.07) is 2.86. The molecule has 0 aromatic carbocycles. The van der Waals surface area contributed by atoms with Gasteiger partial charge in [-0.3, -0.25) is 0 Å². The minimum atomic E-state index is -2.62. The Morgan fingerprint density at radius 3 is 2.85 bits per heavy atom. The molecule has 13 heavy (non-hydrogen) atoms. The monoisotopic (exact) mass is 202 g/mol. The van der Waals surface area contributed by atoms with Gasteiger partial charge >= 0.3 is 0 Å². The summed E-state index contributed by atoms with van der Waals surface area (Å²) in [7, 11) is 0. The molecule has 2 nitrogen and oxygen atoms in total. The summed E-state index contributed by atoms with van der Waals surface area (Å²) in [6.07, 6.45) is -1.50. The molecule has 0 spiro atoms. The average molecular weight is 203 g/mol. The largest absolute Gasteiger partial charge is 0.264 e. The molecular weight excluding hydrogens is 198 g/mol. The number of alkyl halides is 2. The Bertz CT molecular complexity index is 346. The Kier molecular flexibility index (Phi) is 3.15. The minimum Gasteiger partial charge on any atom is -0.244 e. The van der Waals surface area contributed by atoms with E-state index < -0.39 is 6.43 Å². The van der Waals surface area contributed by atoms with Crippen LogP contribution in [-0.2, 0) is 6.42 Å². The second kappa shape index (κ2) is 4.15. The molecule has 68 valence electrons. The first-order chi connectivity index (χ1) is 6.15. The van der Waals surface area contributed by atoms with Crippen molar-refractivity contribution in [3.63, 3.8) is 0 Å². The Labute approximate surface area is 78.8 Å². The van der Waals surface area contributed by atoms with Gasteiger partial charge in [0.2, 0.25) is 0 Å². The highest BCUT2D eigenvalue weighted by atomic mass is 35.5. The number of rotatable bonds is 2. The standard InChI is InChI=1S/C8H5ClF2N2/c9-7-3-6(8(10)11)5(1-2-12)4-13-7/h3-4,8H,1H2. The molecule has 0 unspecified atom stereocenters. The smallest absolute Gasteiger partial charge is 0.244 e. The minimum absolute atomic E-state index is 0.0111. The number of pyridine rings is 1. The van der Waals surface area contributed by atoms with E-state index in [1.54, 1.807) is 6.07 Å².